The Hall–Kier alpha value is -2.46. The molecule has 21 heavy (non-hydrogen) atoms. The van der Waals surface area contributed by atoms with Crippen LogP contribution in [0.2, 0.25) is 0 Å². The molecule has 3 aromatic rings. The highest BCUT2D eigenvalue weighted by molar-refractivity contribution is 7.18. The van der Waals surface area contributed by atoms with Gasteiger partial charge in [0, 0.05) is 17.7 Å². The number of hydrogen-bond acceptors (Lipinski definition) is 2. The van der Waals surface area contributed by atoms with Crippen LogP contribution in [0.5, 0.6) is 0 Å². The maximum Gasteiger partial charge on any atom is 0.262 e. The molecule has 1 heterocycles. The van der Waals surface area contributed by atoms with Crippen LogP contribution in [0.25, 0.3) is 22.4 Å². The molecule has 0 atom stereocenters. The topological polar surface area (TPSA) is 53.8 Å². The van der Waals surface area contributed by atoms with Crippen LogP contribution in [-0.4, -0.2) is 5.84 Å². The number of para-hydroxylation sites is 1. The first-order chi connectivity index (χ1) is 10.1. The SMILES string of the molecule is C[n+]1c(/C=C/c2ccc(C(=N)N)cc2)sc2ccccc21. The summed E-state index contributed by atoms with van der Waals surface area (Å²) in [6.45, 7) is 0. The van der Waals surface area contributed by atoms with Gasteiger partial charge in [-0.25, -0.2) is 0 Å². The molecule has 104 valence electrons. The van der Waals surface area contributed by atoms with Gasteiger partial charge in [0.25, 0.3) is 5.01 Å². The summed E-state index contributed by atoms with van der Waals surface area (Å²) >= 11 is 1.77. The number of nitrogen functional groups attached to an aromatic ring is 1. The molecule has 0 unspecified atom stereocenters. The average molecular weight is 294 g/mol. The van der Waals surface area contributed by atoms with Crippen molar-refractivity contribution in [2.45, 2.75) is 0 Å². The molecule has 4 heteroatoms. The molecule has 0 bridgehead atoms. The highest BCUT2D eigenvalue weighted by Crippen LogP contribution is 2.21. The fraction of sp³-hybridized carbons (Fsp3) is 0.0588. The summed E-state index contributed by atoms with van der Waals surface area (Å²) in [6.07, 6.45) is 4.20. The van der Waals surface area contributed by atoms with E-state index in [1.54, 1.807) is 11.3 Å². The largest absolute Gasteiger partial charge is 0.384 e. The zero-order valence-electron chi connectivity index (χ0n) is 11.7. The molecule has 0 spiro atoms. The van der Waals surface area contributed by atoms with Crippen molar-refractivity contribution in [3.8, 4) is 0 Å². The van der Waals surface area contributed by atoms with Gasteiger partial charge in [-0.1, -0.05) is 47.7 Å². The number of hydrogen-bond donors (Lipinski definition) is 2. The first kappa shape index (κ1) is 13.5. The molecule has 0 aliphatic heterocycles. The molecule has 2 aromatic carbocycles. The molecule has 0 saturated carbocycles. The molecule has 0 aliphatic rings. The van der Waals surface area contributed by atoms with E-state index in [0.717, 1.165) is 11.1 Å². The van der Waals surface area contributed by atoms with E-state index in [-0.39, 0.29) is 5.84 Å². The van der Waals surface area contributed by atoms with Gasteiger partial charge >= 0.3 is 0 Å². The molecule has 0 amide bonds. The second-order valence-corrected chi connectivity index (χ2v) is 5.90. The van der Waals surface area contributed by atoms with Crippen molar-refractivity contribution in [3.63, 3.8) is 0 Å². The lowest BCUT2D eigenvalue weighted by Gasteiger charge is -1.97. The van der Waals surface area contributed by atoms with E-state index in [1.807, 2.05) is 24.3 Å². The summed E-state index contributed by atoms with van der Waals surface area (Å²) in [5.41, 5.74) is 8.54. The van der Waals surface area contributed by atoms with Gasteiger partial charge in [0.2, 0.25) is 5.52 Å². The van der Waals surface area contributed by atoms with Gasteiger partial charge in [-0.2, -0.15) is 4.57 Å². The van der Waals surface area contributed by atoms with Crippen molar-refractivity contribution < 1.29 is 4.57 Å². The second-order valence-electron chi connectivity index (χ2n) is 4.84. The molecule has 0 saturated heterocycles. The Bertz CT molecular complexity index is 829. The van der Waals surface area contributed by atoms with Gasteiger partial charge in [-0.15, -0.1) is 0 Å². The third-order valence-corrected chi connectivity index (χ3v) is 4.60. The first-order valence-corrected chi connectivity index (χ1v) is 7.47. The summed E-state index contributed by atoms with van der Waals surface area (Å²) in [5, 5.41) is 8.59. The van der Waals surface area contributed by atoms with Crippen LogP contribution in [0.15, 0.2) is 48.5 Å². The summed E-state index contributed by atoms with van der Waals surface area (Å²) in [6, 6.07) is 16.1. The van der Waals surface area contributed by atoms with E-state index in [4.69, 9.17) is 11.1 Å². The van der Waals surface area contributed by atoms with Gasteiger partial charge in [0.15, 0.2) is 0 Å². The van der Waals surface area contributed by atoms with Crippen LogP contribution in [-0.2, 0) is 7.05 Å². The van der Waals surface area contributed by atoms with Gasteiger partial charge in [0.05, 0.1) is 0 Å². The van der Waals surface area contributed by atoms with E-state index in [1.165, 1.54) is 15.2 Å². The van der Waals surface area contributed by atoms with Crippen molar-refractivity contribution in [1.82, 2.24) is 0 Å². The van der Waals surface area contributed by atoms with Crippen molar-refractivity contribution in [3.05, 3.63) is 64.7 Å². The van der Waals surface area contributed by atoms with E-state index in [0.29, 0.717) is 0 Å². The van der Waals surface area contributed by atoms with Crippen LogP contribution < -0.4 is 10.3 Å². The van der Waals surface area contributed by atoms with Crippen LogP contribution >= 0.6 is 11.3 Å². The number of nitrogens with one attached hydrogen (secondary N) is 1. The summed E-state index contributed by atoms with van der Waals surface area (Å²) in [4.78, 5) is 0. The molecule has 0 radical (unpaired) electrons. The van der Waals surface area contributed by atoms with Gasteiger partial charge < -0.3 is 5.73 Å². The Kier molecular flexibility index (Phi) is 3.54. The van der Waals surface area contributed by atoms with Gasteiger partial charge in [-0.3, -0.25) is 5.41 Å². The number of fused-ring (bicyclic) bond motifs is 1. The Labute approximate surface area is 127 Å². The predicted octanol–water partition coefficient (Wildman–Crippen LogP) is 3.18. The van der Waals surface area contributed by atoms with Crippen molar-refractivity contribution >= 4 is 39.5 Å². The number of thiazole rings is 1. The number of aryl methyl sites for hydroxylation is 1. The Morgan fingerprint density at radius 1 is 1.10 bits per heavy atom. The van der Waals surface area contributed by atoms with Crippen LogP contribution in [0.4, 0.5) is 0 Å². The predicted molar refractivity (Wildman–Crippen MR) is 89.4 cm³/mol. The maximum atomic E-state index is 7.39. The van der Waals surface area contributed by atoms with Crippen molar-refractivity contribution in [2.24, 2.45) is 12.8 Å². The highest BCUT2D eigenvalue weighted by Gasteiger charge is 2.13. The molecule has 0 aliphatic carbocycles. The Morgan fingerprint density at radius 2 is 1.81 bits per heavy atom. The van der Waals surface area contributed by atoms with Crippen molar-refractivity contribution in [1.29, 1.82) is 5.41 Å². The van der Waals surface area contributed by atoms with E-state index in [2.05, 4.69) is 48.0 Å². The molecule has 3 nitrogen and oxygen atoms in total. The standard InChI is InChI=1S/C17H16N3S/c1-20-14-4-2-3-5-15(14)21-16(20)11-8-12-6-9-13(10-7-12)17(18)19/h2-11H,1H3,(H3,18,19)/q+1/b11-8+. The average Bonchev–Trinajstić information content (AvgIpc) is 2.82. The fourth-order valence-corrected chi connectivity index (χ4v) is 3.26. The summed E-state index contributed by atoms with van der Waals surface area (Å²) in [5.74, 6) is 0.0986. The second kappa shape index (κ2) is 5.50. The number of nitrogens with two attached hydrogens (primary N) is 1. The zero-order valence-corrected chi connectivity index (χ0v) is 12.5. The minimum atomic E-state index is 0.0986. The van der Waals surface area contributed by atoms with E-state index < -0.39 is 0 Å². The number of rotatable bonds is 3. The maximum absolute atomic E-state index is 7.39. The molecular weight excluding hydrogens is 278 g/mol. The summed E-state index contributed by atoms with van der Waals surface area (Å²) in [7, 11) is 2.08. The lowest BCUT2D eigenvalue weighted by atomic mass is 10.1. The molecule has 0 fully saturated rings. The van der Waals surface area contributed by atoms with Crippen LogP contribution in [0.3, 0.4) is 0 Å². The smallest absolute Gasteiger partial charge is 0.262 e. The third-order valence-electron chi connectivity index (χ3n) is 3.41. The molecule has 3 rings (SSSR count). The van der Waals surface area contributed by atoms with Gasteiger partial charge in [0.1, 0.15) is 17.6 Å². The fourth-order valence-electron chi connectivity index (χ4n) is 2.21. The Balaban J connectivity index is 1.90. The quantitative estimate of drug-likeness (QED) is 0.435. The Morgan fingerprint density at radius 3 is 2.48 bits per heavy atom. The van der Waals surface area contributed by atoms with Crippen LogP contribution in [0, 0.1) is 5.41 Å². The first-order valence-electron chi connectivity index (χ1n) is 6.65. The lowest BCUT2D eigenvalue weighted by Crippen LogP contribution is -2.28. The van der Waals surface area contributed by atoms with E-state index >= 15 is 0 Å². The number of benzene rings is 2. The minimum Gasteiger partial charge on any atom is -0.384 e. The monoisotopic (exact) mass is 294 g/mol. The third kappa shape index (κ3) is 2.71. The minimum absolute atomic E-state index is 0.0986. The van der Waals surface area contributed by atoms with Gasteiger partial charge in [-0.05, 0) is 17.7 Å². The number of amidine groups is 1. The molecule has 1 aromatic heterocycles. The summed E-state index contributed by atoms with van der Waals surface area (Å²) < 4.78 is 3.48. The molecule has 3 N–H and O–H groups in total. The van der Waals surface area contributed by atoms with Crippen LogP contribution in [0.1, 0.15) is 16.1 Å². The lowest BCUT2D eigenvalue weighted by molar-refractivity contribution is -0.642. The number of aromatic nitrogens is 1. The number of nitrogens with zero attached hydrogens (tertiary/aromatic N) is 1. The molecular formula is C17H16N3S+. The zero-order chi connectivity index (χ0) is 14.8. The van der Waals surface area contributed by atoms with E-state index in [9.17, 15) is 0 Å². The van der Waals surface area contributed by atoms with Crippen molar-refractivity contribution in [2.75, 3.05) is 0 Å². The normalized spacial score (nSPS) is 11.3. The highest BCUT2D eigenvalue weighted by atomic mass is 32.1.